The number of rotatable bonds is 1. The van der Waals surface area contributed by atoms with Crippen LogP contribution in [-0.4, -0.2) is 13.1 Å². The normalized spacial score (nSPS) is 15.6. The first kappa shape index (κ1) is 14.6. The lowest BCUT2D eigenvalue weighted by molar-refractivity contribution is 0.557. The van der Waals surface area contributed by atoms with Crippen LogP contribution >= 0.6 is 0 Å². The van der Waals surface area contributed by atoms with E-state index >= 15 is 0 Å². The van der Waals surface area contributed by atoms with Gasteiger partial charge in [-0.1, -0.05) is 12.8 Å². The van der Waals surface area contributed by atoms with Gasteiger partial charge >= 0.3 is 5.63 Å². The van der Waals surface area contributed by atoms with Crippen LogP contribution in [0.5, 0.6) is 0 Å². The Kier molecular flexibility index (Phi) is 3.89. The van der Waals surface area contributed by atoms with Crippen LogP contribution in [0.15, 0.2) is 21.3 Å². The number of anilines is 1. The average Bonchev–Trinajstić information content (AvgIpc) is 2.77. The molecule has 1 saturated heterocycles. The van der Waals surface area contributed by atoms with Crippen LogP contribution in [0.1, 0.15) is 42.4 Å². The summed E-state index contributed by atoms with van der Waals surface area (Å²) in [6.45, 7) is 5.82. The van der Waals surface area contributed by atoms with Gasteiger partial charge in [-0.15, -0.1) is 0 Å². The molecule has 0 saturated carbocycles. The van der Waals surface area contributed by atoms with Crippen LogP contribution in [-0.2, 0) is 0 Å². The standard InChI is InChI=1S/C18H20N2O2/c1-12-9-14-16(10-13(12)2)22-18(21)15(11-19)17(14)20-7-5-3-4-6-8-20/h9-10H,3-8H2,1-2H3. The smallest absolute Gasteiger partial charge is 0.356 e. The molecule has 1 aromatic carbocycles. The first-order valence-electron chi connectivity index (χ1n) is 7.85. The second-order valence-electron chi connectivity index (χ2n) is 6.06. The summed E-state index contributed by atoms with van der Waals surface area (Å²) < 4.78 is 5.38. The predicted molar refractivity (Wildman–Crippen MR) is 87.4 cm³/mol. The van der Waals surface area contributed by atoms with Crippen LogP contribution in [0.2, 0.25) is 0 Å². The quantitative estimate of drug-likeness (QED) is 0.753. The monoisotopic (exact) mass is 296 g/mol. The number of hydrogen-bond acceptors (Lipinski definition) is 4. The molecule has 114 valence electrons. The minimum atomic E-state index is -0.530. The van der Waals surface area contributed by atoms with E-state index in [-0.39, 0.29) is 5.56 Å². The van der Waals surface area contributed by atoms with Crippen LogP contribution in [0.4, 0.5) is 5.69 Å². The Bertz CT molecular complexity index is 806. The zero-order chi connectivity index (χ0) is 15.7. The SMILES string of the molecule is Cc1cc2oc(=O)c(C#N)c(N3CCCCCC3)c2cc1C. The third kappa shape index (κ3) is 2.48. The molecule has 4 nitrogen and oxygen atoms in total. The molecule has 2 aromatic rings. The third-order valence-corrected chi connectivity index (χ3v) is 4.53. The fourth-order valence-corrected chi connectivity index (χ4v) is 3.16. The van der Waals surface area contributed by atoms with Gasteiger partial charge in [0.1, 0.15) is 11.7 Å². The summed E-state index contributed by atoms with van der Waals surface area (Å²) in [4.78, 5) is 14.4. The molecule has 0 atom stereocenters. The molecule has 2 heterocycles. The van der Waals surface area contributed by atoms with Crippen molar-refractivity contribution in [1.29, 1.82) is 5.26 Å². The van der Waals surface area contributed by atoms with E-state index in [1.54, 1.807) is 0 Å². The Labute approximate surface area is 130 Å². The van der Waals surface area contributed by atoms with Crippen LogP contribution in [0.3, 0.4) is 0 Å². The molecular formula is C18H20N2O2. The zero-order valence-electron chi connectivity index (χ0n) is 13.1. The van der Waals surface area contributed by atoms with Crippen molar-refractivity contribution in [2.24, 2.45) is 0 Å². The molecule has 1 aliphatic heterocycles. The molecule has 0 N–H and O–H groups in total. The van der Waals surface area contributed by atoms with Crippen LogP contribution < -0.4 is 10.5 Å². The number of nitriles is 1. The first-order valence-corrected chi connectivity index (χ1v) is 7.85. The second-order valence-corrected chi connectivity index (χ2v) is 6.06. The zero-order valence-corrected chi connectivity index (χ0v) is 13.1. The maximum Gasteiger partial charge on any atom is 0.356 e. The van der Waals surface area contributed by atoms with E-state index in [0.29, 0.717) is 5.58 Å². The third-order valence-electron chi connectivity index (χ3n) is 4.53. The van der Waals surface area contributed by atoms with Crippen molar-refractivity contribution in [3.8, 4) is 6.07 Å². The lowest BCUT2D eigenvalue weighted by Crippen LogP contribution is -2.27. The fourth-order valence-electron chi connectivity index (χ4n) is 3.16. The molecule has 3 rings (SSSR count). The van der Waals surface area contributed by atoms with Crippen molar-refractivity contribution in [3.63, 3.8) is 0 Å². The summed E-state index contributed by atoms with van der Waals surface area (Å²) in [5.41, 5.74) is 3.17. The summed E-state index contributed by atoms with van der Waals surface area (Å²) in [6.07, 6.45) is 4.60. The van der Waals surface area contributed by atoms with Gasteiger partial charge in [0, 0.05) is 18.5 Å². The van der Waals surface area contributed by atoms with E-state index < -0.39 is 5.63 Å². The molecule has 0 aliphatic carbocycles. The molecule has 4 heteroatoms. The largest absolute Gasteiger partial charge is 0.422 e. The van der Waals surface area contributed by atoms with Gasteiger partial charge in [-0.3, -0.25) is 0 Å². The average molecular weight is 296 g/mol. The number of hydrogen-bond donors (Lipinski definition) is 0. The Morgan fingerprint density at radius 2 is 1.73 bits per heavy atom. The topological polar surface area (TPSA) is 57.2 Å². The van der Waals surface area contributed by atoms with Crippen molar-refractivity contribution in [2.75, 3.05) is 18.0 Å². The van der Waals surface area contributed by atoms with E-state index in [2.05, 4.69) is 11.0 Å². The lowest BCUT2D eigenvalue weighted by atomic mass is 10.0. The highest BCUT2D eigenvalue weighted by molar-refractivity contribution is 5.94. The van der Waals surface area contributed by atoms with Crippen molar-refractivity contribution in [2.45, 2.75) is 39.5 Å². The number of benzene rings is 1. The summed E-state index contributed by atoms with van der Waals surface area (Å²) in [5.74, 6) is 0. The Morgan fingerprint density at radius 1 is 1.09 bits per heavy atom. The molecule has 0 bridgehead atoms. The molecule has 0 radical (unpaired) electrons. The van der Waals surface area contributed by atoms with Crippen molar-refractivity contribution in [3.05, 3.63) is 39.2 Å². The fraction of sp³-hybridized carbons (Fsp3) is 0.444. The van der Waals surface area contributed by atoms with E-state index in [4.69, 9.17) is 4.42 Å². The van der Waals surface area contributed by atoms with Crippen LogP contribution in [0.25, 0.3) is 11.0 Å². The Balaban J connectivity index is 2.31. The highest BCUT2D eigenvalue weighted by Crippen LogP contribution is 2.32. The minimum absolute atomic E-state index is 0.137. The van der Waals surface area contributed by atoms with E-state index in [9.17, 15) is 10.1 Å². The van der Waals surface area contributed by atoms with E-state index in [0.717, 1.165) is 48.1 Å². The summed E-state index contributed by atoms with van der Waals surface area (Å²) >= 11 is 0. The van der Waals surface area contributed by atoms with Gasteiger partial charge in [-0.2, -0.15) is 5.26 Å². The highest BCUT2D eigenvalue weighted by atomic mass is 16.4. The molecule has 1 aromatic heterocycles. The van der Waals surface area contributed by atoms with Gasteiger partial charge in [0.25, 0.3) is 0 Å². The predicted octanol–water partition coefficient (Wildman–Crippen LogP) is 3.66. The molecular weight excluding hydrogens is 276 g/mol. The van der Waals surface area contributed by atoms with Gasteiger partial charge in [-0.05, 0) is 49.9 Å². The van der Waals surface area contributed by atoms with Gasteiger partial charge in [-0.25, -0.2) is 4.79 Å². The molecule has 22 heavy (non-hydrogen) atoms. The highest BCUT2D eigenvalue weighted by Gasteiger charge is 2.21. The van der Waals surface area contributed by atoms with Gasteiger partial charge in [0.2, 0.25) is 0 Å². The van der Waals surface area contributed by atoms with Crippen molar-refractivity contribution < 1.29 is 4.42 Å². The second kappa shape index (κ2) is 5.84. The lowest BCUT2D eigenvalue weighted by Gasteiger charge is -2.24. The van der Waals surface area contributed by atoms with Gasteiger partial charge < -0.3 is 9.32 Å². The molecule has 0 spiro atoms. The maximum atomic E-state index is 12.2. The van der Waals surface area contributed by atoms with Gasteiger partial charge in [0.05, 0.1) is 5.69 Å². The number of aryl methyl sites for hydroxylation is 2. The number of fused-ring (bicyclic) bond motifs is 1. The molecule has 0 unspecified atom stereocenters. The molecule has 0 amide bonds. The Morgan fingerprint density at radius 3 is 2.36 bits per heavy atom. The molecule has 1 aliphatic rings. The van der Waals surface area contributed by atoms with Crippen LogP contribution in [0, 0.1) is 25.2 Å². The summed E-state index contributed by atoms with van der Waals surface area (Å²) in [6, 6.07) is 5.99. The van der Waals surface area contributed by atoms with Gasteiger partial charge in [0.15, 0.2) is 5.56 Å². The summed E-state index contributed by atoms with van der Waals surface area (Å²) in [5, 5.41) is 10.3. The maximum absolute atomic E-state index is 12.2. The first-order chi connectivity index (χ1) is 10.6. The van der Waals surface area contributed by atoms with Crippen molar-refractivity contribution >= 4 is 16.7 Å². The minimum Gasteiger partial charge on any atom is -0.422 e. The van der Waals surface area contributed by atoms with Crippen molar-refractivity contribution in [1.82, 2.24) is 0 Å². The molecule has 1 fully saturated rings. The Hall–Kier alpha value is -2.28. The summed E-state index contributed by atoms with van der Waals surface area (Å²) in [7, 11) is 0. The van der Waals surface area contributed by atoms with E-state index in [1.165, 1.54) is 12.8 Å². The van der Waals surface area contributed by atoms with E-state index in [1.807, 2.05) is 26.0 Å². The number of nitrogens with zero attached hydrogens (tertiary/aromatic N) is 2.